The Morgan fingerprint density at radius 3 is 2.76 bits per heavy atom. The SMILES string of the molecule is Cc1cc(C(=O)N2CCC3(CC2)COc2ccc(CN)cc23)sc1Br. The minimum absolute atomic E-state index is 0.0310. The number of thiophene rings is 1. The molecule has 2 aromatic rings. The van der Waals surface area contributed by atoms with Crippen LogP contribution in [0.2, 0.25) is 0 Å². The predicted molar refractivity (Wildman–Crippen MR) is 103 cm³/mol. The van der Waals surface area contributed by atoms with Gasteiger partial charge in [0.25, 0.3) is 5.91 Å². The fourth-order valence-electron chi connectivity index (χ4n) is 3.81. The number of ether oxygens (including phenoxy) is 1. The molecular weight excluding hydrogens is 400 g/mol. The van der Waals surface area contributed by atoms with Crippen molar-refractivity contribution >= 4 is 33.2 Å². The molecule has 1 fully saturated rings. The summed E-state index contributed by atoms with van der Waals surface area (Å²) >= 11 is 5.03. The molecule has 1 spiro atoms. The normalized spacial score (nSPS) is 18.3. The molecule has 0 unspecified atom stereocenters. The van der Waals surface area contributed by atoms with Crippen LogP contribution in [0, 0.1) is 6.92 Å². The third-order valence-electron chi connectivity index (χ3n) is 5.43. The fourth-order valence-corrected chi connectivity index (χ4v) is 5.31. The number of benzene rings is 1. The molecule has 132 valence electrons. The van der Waals surface area contributed by atoms with E-state index < -0.39 is 0 Å². The van der Waals surface area contributed by atoms with Crippen LogP contribution in [0.3, 0.4) is 0 Å². The highest BCUT2D eigenvalue weighted by molar-refractivity contribution is 9.11. The van der Waals surface area contributed by atoms with Crippen LogP contribution in [-0.4, -0.2) is 30.5 Å². The second kappa shape index (κ2) is 6.41. The molecule has 0 bridgehead atoms. The Hall–Kier alpha value is -1.37. The molecule has 2 N–H and O–H groups in total. The van der Waals surface area contributed by atoms with Gasteiger partial charge >= 0.3 is 0 Å². The van der Waals surface area contributed by atoms with Gasteiger partial charge in [-0.25, -0.2) is 0 Å². The second-order valence-electron chi connectivity index (χ2n) is 6.96. The summed E-state index contributed by atoms with van der Waals surface area (Å²) in [5.41, 5.74) is 9.37. The van der Waals surface area contributed by atoms with E-state index in [4.69, 9.17) is 10.5 Å². The van der Waals surface area contributed by atoms with Crippen LogP contribution in [-0.2, 0) is 12.0 Å². The Bertz CT molecular complexity index is 805. The molecule has 1 saturated heterocycles. The lowest BCUT2D eigenvalue weighted by Crippen LogP contribution is -2.45. The van der Waals surface area contributed by atoms with Gasteiger partial charge in [0.15, 0.2) is 0 Å². The van der Waals surface area contributed by atoms with Gasteiger partial charge in [-0.15, -0.1) is 11.3 Å². The summed E-state index contributed by atoms with van der Waals surface area (Å²) in [7, 11) is 0. The van der Waals surface area contributed by atoms with Gasteiger partial charge in [0.1, 0.15) is 5.75 Å². The zero-order chi connectivity index (χ0) is 17.6. The summed E-state index contributed by atoms with van der Waals surface area (Å²) in [4.78, 5) is 15.6. The number of likely N-dealkylation sites (tertiary alicyclic amines) is 1. The third kappa shape index (κ3) is 2.90. The fraction of sp³-hybridized carbons (Fsp3) is 0.421. The molecule has 0 atom stereocenters. The smallest absolute Gasteiger partial charge is 0.263 e. The van der Waals surface area contributed by atoms with Gasteiger partial charge in [0.2, 0.25) is 0 Å². The van der Waals surface area contributed by atoms with Crippen molar-refractivity contribution in [2.24, 2.45) is 5.73 Å². The number of aryl methyl sites for hydroxylation is 1. The zero-order valence-corrected chi connectivity index (χ0v) is 16.6. The van der Waals surface area contributed by atoms with E-state index in [-0.39, 0.29) is 11.3 Å². The first-order valence-corrected chi connectivity index (χ1v) is 10.1. The summed E-state index contributed by atoms with van der Waals surface area (Å²) in [6, 6.07) is 8.24. The average Bonchev–Trinajstić information content (AvgIpc) is 3.16. The summed E-state index contributed by atoms with van der Waals surface area (Å²) in [6.07, 6.45) is 1.87. The number of rotatable bonds is 2. The number of carbonyl (C=O) groups excluding carboxylic acids is 1. The quantitative estimate of drug-likeness (QED) is 0.802. The number of amides is 1. The summed E-state index contributed by atoms with van der Waals surface area (Å²) in [6.45, 7) is 4.80. The first kappa shape index (κ1) is 17.1. The van der Waals surface area contributed by atoms with E-state index in [1.807, 2.05) is 30.0 Å². The van der Waals surface area contributed by atoms with E-state index in [1.54, 1.807) is 0 Å². The number of halogens is 1. The molecule has 2 aliphatic heterocycles. The maximum atomic E-state index is 12.8. The number of fused-ring (bicyclic) bond motifs is 2. The van der Waals surface area contributed by atoms with Crippen LogP contribution >= 0.6 is 27.3 Å². The van der Waals surface area contributed by atoms with Crippen molar-refractivity contribution in [1.82, 2.24) is 4.90 Å². The molecule has 25 heavy (non-hydrogen) atoms. The zero-order valence-electron chi connectivity index (χ0n) is 14.2. The third-order valence-corrected chi connectivity index (χ3v) is 7.56. The van der Waals surface area contributed by atoms with Gasteiger partial charge in [-0.2, -0.15) is 0 Å². The first-order chi connectivity index (χ1) is 12.0. The molecule has 4 nitrogen and oxygen atoms in total. The van der Waals surface area contributed by atoms with Gasteiger partial charge in [-0.05, 0) is 59.0 Å². The minimum Gasteiger partial charge on any atom is -0.492 e. The molecule has 1 aromatic heterocycles. The van der Waals surface area contributed by atoms with Crippen molar-refractivity contribution in [3.63, 3.8) is 0 Å². The average molecular weight is 421 g/mol. The lowest BCUT2D eigenvalue weighted by molar-refractivity contribution is 0.0651. The molecule has 1 aromatic carbocycles. The molecule has 0 radical (unpaired) electrons. The van der Waals surface area contributed by atoms with Gasteiger partial charge in [-0.3, -0.25) is 4.79 Å². The standard InChI is InChI=1S/C19H21BrN2O2S/c1-12-8-16(25-17(12)20)18(23)22-6-4-19(5-7-22)11-24-15-3-2-13(10-21)9-14(15)19/h2-3,8-9H,4-7,10-11,21H2,1H3. The molecule has 3 heterocycles. The topological polar surface area (TPSA) is 55.6 Å². The number of hydrogen-bond acceptors (Lipinski definition) is 4. The molecule has 1 amide bonds. The highest BCUT2D eigenvalue weighted by Crippen LogP contribution is 2.46. The lowest BCUT2D eigenvalue weighted by atomic mass is 9.74. The van der Waals surface area contributed by atoms with Crippen molar-refractivity contribution in [3.05, 3.63) is 49.6 Å². The summed E-state index contributed by atoms with van der Waals surface area (Å²) < 4.78 is 6.98. The monoisotopic (exact) mass is 420 g/mol. The van der Waals surface area contributed by atoms with E-state index in [0.29, 0.717) is 13.2 Å². The Labute approximate surface area is 160 Å². The number of carbonyl (C=O) groups is 1. The molecule has 2 aliphatic rings. The summed E-state index contributed by atoms with van der Waals surface area (Å²) in [5.74, 6) is 1.12. The van der Waals surface area contributed by atoms with Crippen LogP contribution in [0.5, 0.6) is 5.75 Å². The molecule has 0 aliphatic carbocycles. The number of nitrogens with two attached hydrogens (primary N) is 1. The Kier molecular flexibility index (Phi) is 4.38. The van der Waals surface area contributed by atoms with Crippen LogP contribution in [0.1, 0.15) is 39.2 Å². The van der Waals surface area contributed by atoms with Crippen LogP contribution in [0.15, 0.2) is 28.1 Å². The maximum Gasteiger partial charge on any atom is 0.263 e. The molecular formula is C19H21BrN2O2S. The van der Waals surface area contributed by atoms with Gasteiger partial charge in [0, 0.05) is 30.6 Å². The Balaban J connectivity index is 1.52. The van der Waals surface area contributed by atoms with Crippen molar-refractivity contribution in [2.45, 2.75) is 31.7 Å². The van der Waals surface area contributed by atoms with E-state index in [0.717, 1.165) is 51.5 Å². The number of hydrogen-bond donors (Lipinski definition) is 1. The number of piperidine rings is 1. The van der Waals surface area contributed by atoms with E-state index >= 15 is 0 Å². The van der Waals surface area contributed by atoms with Gasteiger partial charge < -0.3 is 15.4 Å². The van der Waals surface area contributed by atoms with E-state index in [9.17, 15) is 4.79 Å². The largest absolute Gasteiger partial charge is 0.492 e. The van der Waals surface area contributed by atoms with Crippen LogP contribution < -0.4 is 10.5 Å². The molecule has 0 saturated carbocycles. The predicted octanol–water partition coefficient (Wildman–Crippen LogP) is 3.84. The van der Waals surface area contributed by atoms with Crippen molar-refractivity contribution in [2.75, 3.05) is 19.7 Å². The van der Waals surface area contributed by atoms with E-state index in [2.05, 4.69) is 22.0 Å². The van der Waals surface area contributed by atoms with Crippen molar-refractivity contribution in [3.8, 4) is 5.75 Å². The van der Waals surface area contributed by atoms with Gasteiger partial charge in [0.05, 0.1) is 15.3 Å². The van der Waals surface area contributed by atoms with Crippen LogP contribution in [0.25, 0.3) is 0 Å². The van der Waals surface area contributed by atoms with Crippen molar-refractivity contribution in [1.29, 1.82) is 0 Å². The van der Waals surface area contributed by atoms with Gasteiger partial charge in [-0.1, -0.05) is 12.1 Å². The molecule has 4 rings (SSSR count). The Morgan fingerprint density at radius 2 is 2.12 bits per heavy atom. The van der Waals surface area contributed by atoms with Crippen LogP contribution in [0.4, 0.5) is 0 Å². The second-order valence-corrected chi connectivity index (χ2v) is 9.33. The Morgan fingerprint density at radius 1 is 1.36 bits per heavy atom. The molecule has 6 heteroatoms. The number of nitrogens with zero attached hydrogens (tertiary/aromatic N) is 1. The maximum absolute atomic E-state index is 12.8. The highest BCUT2D eigenvalue weighted by atomic mass is 79.9. The first-order valence-electron chi connectivity index (χ1n) is 8.54. The highest BCUT2D eigenvalue weighted by Gasteiger charge is 2.44. The van der Waals surface area contributed by atoms with E-state index in [1.165, 1.54) is 16.9 Å². The van der Waals surface area contributed by atoms with Crippen molar-refractivity contribution < 1.29 is 9.53 Å². The lowest BCUT2D eigenvalue weighted by Gasteiger charge is -2.38. The minimum atomic E-state index is 0.0310. The summed E-state index contributed by atoms with van der Waals surface area (Å²) in [5, 5.41) is 0.